The quantitative estimate of drug-likeness (QED) is 0.816. The highest BCUT2D eigenvalue weighted by atomic mass is 79.9. The molecule has 0 unspecified atom stereocenters. The molecule has 0 radical (unpaired) electrons. The summed E-state index contributed by atoms with van der Waals surface area (Å²) in [5.74, 6) is 0.754. The fourth-order valence-electron chi connectivity index (χ4n) is 1.99. The van der Waals surface area contributed by atoms with E-state index in [-0.39, 0.29) is 0 Å². The zero-order chi connectivity index (χ0) is 14.7. The van der Waals surface area contributed by atoms with Gasteiger partial charge in [0.15, 0.2) is 0 Å². The van der Waals surface area contributed by atoms with Gasteiger partial charge in [-0.1, -0.05) is 35.1 Å². The number of anilines is 2. The molecular formula is C15H16BrN3S. The number of aryl methyl sites for hydroxylation is 2. The normalized spacial score (nSPS) is 10.3. The van der Waals surface area contributed by atoms with Gasteiger partial charge in [0, 0.05) is 21.4 Å². The second-order valence-electron chi connectivity index (χ2n) is 4.53. The van der Waals surface area contributed by atoms with E-state index in [0.29, 0.717) is 4.99 Å². The molecule has 2 aromatic rings. The van der Waals surface area contributed by atoms with Crippen LogP contribution in [0.4, 0.5) is 11.5 Å². The van der Waals surface area contributed by atoms with E-state index in [2.05, 4.69) is 39.2 Å². The van der Waals surface area contributed by atoms with Crippen molar-refractivity contribution in [3.05, 3.63) is 51.6 Å². The molecule has 1 heterocycles. The number of pyridine rings is 1. The monoisotopic (exact) mass is 349 g/mol. The summed E-state index contributed by atoms with van der Waals surface area (Å²) >= 11 is 8.52. The fraction of sp³-hybridized carbons (Fsp3) is 0.200. The lowest BCUT2D eigenvalue weighted by Gasteiger charge is -2.12. The van der Waals surface area contributed by atoms with Crippen LogP contribution < -0.4 is 11.1 Å². The lowest BCUT2D eigenvalue weighted by molar-refractivity contribution is 1.13. The van der Waals surface area contributed by atoms with Crippen LogP contribution >= 0.6 is 28.1 Å². The summed E-state index contributed by atoms with van der Waals surface area (Å²) in [7, 11) is 0. The summed E-state index contributed by atoms with van der Waals surface area (Å²) in [6.07, 6.45) is 0.940. The summed E-state index contributed by atoms with van der Waals surface area (Å²) in [5.41, 5.74) is 9.66. The molecule has 3 N–H and O–H groups in total. The van der Waals surface area contributed by atoms with Crippen molar-refractivity contribution in [1.82, 2.24) is 4.98 Å². The minimum atomic E-state index is 0.380. The van der Waals surface area contributed by atoms with E-state index >= 15 is 0 Å². The summed E-state index contributed by atoms with van der Waals surface area (Å²) in [4.78, 5) is 4.85. The van der Waals surface area contributed by atoms with E-state index in [1.54, 1.807) is 0 Å². The molecular weight excluding hydrogens is 334 g/mol. The lowest BCUT2D eigenvalue weighted by atomic mass is 10.1. The molecule has 0 aliphatic rings. The van der Waals surface area contributed by atoms with Crippen LogP contribution in [0.3, 0.4) is 0 Å². The minimum Gasteiger partial charge on any atom is -0.389 e. The number of halogens is 1. The molecule has 0 bridgehead atoms. The van der Waals surface area contributed by atoms with Gasteiger partial charge in [-0.2, -0.15) is 0 Å². The van der Waals surface area contributed by atoms with Gasteiger partial charge in [0.1, 0.15) is 10.8 Å². The Labute approximate surface area is 132 Å². The average molecular weight is 350 g/mol. The number of nitrogens with two attached hydrogens (primary N) is 1. The third kappa shape index (κ3) is 3.55. The first-order valence-corrected chi connectivity index (χ1v) is 7.53. The number of hydrogen-bond acceptors (Lipinski definition) is 3. The summed E-state index contributed by atoms with van der Waals surface area (Å²) in [6.45, 7) is 4.05. The number of hydrogen-bond donors (Lipinski definition) is 2. The Kier molecular flexibility index (Phi) is 4.73. The van der Waals surface area contributed by atoms with E-state index in [9.17, 15) is 0 Å². The molecule has 1 aromatic heterocycles. The van der Waals surface area contributed by atoms with Crippen LogP contribution in [0.5, 0.6) is 0 Å². The summed E-state index contributed by atoms with van der Waals surface area (Å²) in [5, 5.41) is 3.34. The van der Waals surface area contributed by atoms with Gasteiger partial charge < -0.3 is 11.1 Å². The van der Waals surface area contributed by atoms with Gasteiger partial charge in [0.05, 0.1) is 0 Å². The third-order valence-corrected chi connectivity index (χ3v) is 3.68. The van der Waals surface area contributed by atoms with Crippen LogP contribution in [0.25, 0.3) is 0 Å². The molecule has 0 fully saturated rings. The van der Waals surface area contributed by atoms with Crippen LogP contribution in [0, 0.1) is 6.92 Å². The molecule has 2 rings (SSSR count). The number of rotatable bonds is 4. The maximum atomic E-state index is 5.69. The lowest BCUT2D eigenvalue weighted by Crippen LogP contribution is -2.11. The van der Waals surface area contributed by atoms with Crippen molar-refractivity contribution in [3.8, 4) is 0 Å². The largest absolute Gasteiger partial charge is 0.389 e. The molecule has 1 aromatic carbocycles. The van der Waals surface area contributed by atoms with Gasteiger partial charge in [-0.15, -0.1) is 0 Å². The van der Waals surface area contributed by atoms with Crippen LogP contribution in [0.2, 0.25) is 0 Å². The second-order valence-corrected chi connectivity index (χ2v) is 5.88. The zero-order valence-corrected chi connectivity index (χ0v) is 13.8. The first-order valence-electron chi connectivity index (χ1n) is 6.33. The number of nitrogens with one attached hydrogen (secondary N) is 1. The van der Waals surface area contributed by atoms with Gasteiger partial charge >= 0.3 is 0 Å². The molecule has 0 saturated heterocycles. The minimum absolute atomic E-state index is 0.380. The van der Waals surface area contributed by atoms with Crippen LogP contribution in [0.15, 0.2) is 34.8 Å². The number of nitrogens with zero attached hydrogens (tertiary/aromatic N) is 1. The fourth-order valence-corrected chi connectivity index (χ4v) is 2.52. The Morgan fingerprint density at radius 1 is 1.35 bits per heavy atom. The summed E-state index contributed by atoms with van der Waals surface area (Å²) < 4.78 is 1.07. The maximum absolute atomic E-state index is 5.69. The summed E-state index contributed by atoms with van der Waals surface area (Å²) in [6, 6.07) is 9.90. The van der Waals surface area contributed by atoms with Crippen molar-refractivity contribution in [2.45, 2.75) is 20.3 Å². The van der Waals surface area contributed by atoms with Crippen molar-refractivity contribution >= 4 is 44.6 Å². The highest BCUT2D eigenvalue weighted by Crippen LogP contribution is 2.25. The third-order valence-electron chi connectivity index (χ3n) is 2.95. The SMILES string of the molecule is CCc1cc(Br)ccc1Nc1cc(C(N)=S)cc(C)n1. The molecule has 104 valence electrons. The standard InChI is InChI=1S/C15H16BrN3S/c1-3-10-7-12(16)4-5-13(10)19-14-8-11(15(17)20)6-9(2)18-14/h4-8H,3H2,1-2H3,(H2,17,20)(H,18,19). The van der Waals surface area contributed by atoms with Crippen LogP contribution in [-0.4, -0.2) is 9.97 Å². The van der Waals surface area contributed by atoms with Crippen molar-refractivity contribution in [1.29, 1.82) is 0 Å². The van der Waals surface area contributed by atoms with Gasteiger partial charge in [-0.05, 0) is 49.2 Å². The van der Waals surface area contributed by atoms with Crippen molar-refractivity contribution in [2.24, 2.45) is 5.73 Å². The number of benzene rings is 1. The molecule has 0 saturated carbocycles. The van der Waals surface area contributed by atoms with Crippen LogP contribution in [0.1, 0.15) is 23.7 Å². The maximum Gasteiger partial charge on any atom is 0.131 e. The van der Waals surface area contributed by atoms with E-state index in [1.165, 1.54) is 5.56 Å². The molecule has 5 heteroatoms. The van der Waals surface area contributed by atoms with Crippen molar-refractivity contribution in [3.63, 3.8) is 0 Å². The van der Waals surface area contributed by atoms with Crippen molar-refractivity contribution < 1.29 is 0 Å². The second kappa shape index (κ2) is 6.33. The molecule has 0 aliphatic carbocycles. The number of aromatic nitrogens is 1. The van der Waals surface area contributed by atoms with Gasteiger partial charge in [0.2, 0.25) is 0 Å². The molecule has 0 atom stereocenters. The Hall–Kier alpha value is -1.46. The number of thiocarbonyl (C=S) groups is 1. The average Bonchev–Trinajstić information content (AvgIpc) is 2.40. The smallest absolute Gasteiger partial charge is 0.131 e. The van der Waals surface area contributed by atoms with E-state index in [4.69, 9.17) is 18.0 Å². The van der Waals surface area contributed by atoms with Crippen molar-refractivity contribution in [2.75, 3.05) is 5.32 Å². The Bertz CT molecular complexity index is 656. The van der Waals surface area contributed by atoms with Crippen LogP contribution in [-0.2, 0) is 6.42 Å². The first-order chi connectivity index (χ1) is 9.49. The highest BCUT2D eigenvalue weighted by molar-refractivity contribution is 9.10. The van der Waals surface area contributed by atoms with E-state index in [1.807, 2.05) is 31.2 Å². The zero-order valence-electron chi connectivity index (χ0n) is 11.4. The Balaban J connectivity index is 2.37. The molecule has 3 nitrogen and oxygen atoms in total. The van der Waals surface area contributed by atoms with Gasteiger partial charge in [0.25, 0.3) is 0 Å². The first kappa shape index (κ1) is 14.9. The highest BCUT2D eigenvalue weighted by Gasteiger charge is 2.06. The van der Waals surface area contributed by atoms with E-state index < -0.39 is 0 Å². The molecule has 20 heavy (non-hydrogen) atoms. The predicted molar refractivity (Wildman–Crippen MR) is 91.7 cm³/mol. The molecule has 0 aliphatic heterocycles. The molecule has 0 spiro atoms. The Morgan fingerprint density at radius 3 is 2.75 bits per heavy atom. The Morgan fingerprint density at radius 2 is 2.10 bits per heavy atom. The predicted octanol–water partition coefficient (Wildman–Crippen LogP) is 4.09. The van der Waals surface area contributed by atoms with E-state index in [0.717, 1.165) is 33.7 Å². The van der Waals surface area contributed by atoms with Gasteiger partial charge in [-0.25, -0.2) is 4.98 Å². The topological polar surface area (TPSA) is 50.9 Å². The molecule has 0 amide bonds. The van der Waals surface area contributed by atoms with Gasteiger partial charge in [-0.3, -0.25) is 0 Å².